The van der Waals surface area contributed by atoms with E-state index in [2.05, 4.69) is 26.8 Å². The summed E-state index contributed by atoms with van der Waals surface area (Å²) in [6.07, 6.45) is 2.00. The maximum atomic E-state index is 5.08. The molecule has 5 nitrogen and oxygen atoms in total. The van der Waals surface area contributed by atoms with Crippen LogP contribution in [-0.2, 0) is 13.0 Å². The van der Waals surface area contributed by atoms with E-state index in [9.17, 15) is 0 Å². The third kappa shape index (κ3) is 2.79. The van der Waals surface area contributed by atoms with E-state index >= 15 is 0 Å². The molecule has 6 heteroatoms. The van der Waals surface area contributed by atoms with Crippen LogP contribution < -0.4 is 5.32 Å². The predicted octanol–water partition coefficient (Wildman–Crippen LogP) is 2.40. The molecule has 0 aliphatic carbocycles. The molecule has 16 heavy (non-hydrogen) atoms. The Labute approximate surface area is 98.0 Å². The van der Waals surface area contributed by atoms with Gasteiger partial charge in [0, 0.05) is 24.0 Å². The molecule has 0 spiro atoms. The molecule has 2 rings (SSSR count). The lowest BCUT2D eigenvalue weighted by molar-refractivity contribution is 0.384. The summed E-state index contributed by atoms with van der Waals surface area (Å²) in [4.78, 5) is 4.36. The third-order valence-electron chi connectivity index (χ3n) is 2.03. The molecule has 0 aromatic carbocycles. The highest BCUT2D eigenvalue weighted by atomic mass is 32.1. The summed E-state index contributed by atoms with van der Waals surface area (Å²) in [5.41, 5.74) is 0.890. The monoisotopic (exact) mass is 238 g/mol. The first-order valence-electron chi connectivity index (χ1n) is 5.26. The summed E-state index contributed by atoms with van der Waals surface area (Å²) in [6, 6.07) is 1.90. The van der Waals surface area contributed by atoms with Crippen molar-refractivity contribution in [3.63, 3.8) is 0 Å². The third-order valence-corrected chi connectivity index (χ3v) is 2.74. The van der Waals surface area contributed by atoms with Crippen LogP contribution in [0.25, 0.3) is 0 Å². The van der Waals surface area contributed by atoms with E-state index in [0.717, 1.165) is 35.3 Å². The Morgan fingerprint density at radius 1 is 1.50 bits per heavy atom. The Morgan fingerprint density at radius 3 is 3.06 bits per heavy atom. The van der Waals surface area contributed by atoms with Crippen LogP contribution in [0.15, 0.2) is 10.6 Å². The lowest BCUT2D eigenvalue weighted by atomic mass is 10.3. The fourth-order valence-corrected chi connectivity index (χ4v) is 1.92. The number of aryl methyl sites for hydroxylation is 2. The van der Waals surface area contributed by atoms with Crippen LogP contribution in [0.3, 0.4) is 0 Å². The van der Waals surface area contributed by atoms with Gasteiger partial charge in [0.05, 0.1) is 12.2 Å². The second-order valence-electron chi connectivity index (χ2n) is 3.55. The van der Waals surface area contributed by atoms with E-state index in [-0.39, 0.29) is 0 Å². The summed E-state index contributed by atoms with van der Waals surface area (Å²) >= 11 is 1.38. The van der Waals surface area contributed by atoms with Crippen molar-refractivity contribution in [2.45, 2.75) is 33.2 Å². The van der Waals surface area contributed by atoms with Gasteiger partial charge < -0.3 is 9.84 Å². The number of rotatable bonds is 5. The van der Waals surface area contributed by atoms with Gasteiger partial charge in [-0.05, 0) is 13.3 Å². The van der Waals surface area contributed by atoms with Gasteiger partial charge in [-0.2, -0.15) is 4.37 Å². The number of hydrogen-bond acceptors (Lipinski definition) is 6. The normalized spacial score (nSPS) is 10.6. The largest absolute Gasteiger partial charge is 0.359 e. The van der Waals surface area contributed by atoms with Gasteiger partial charge in [0.1, 0.15) is 5.82 Å². The van der Waals surface area contributed by atoms with Gasteiger partial charge in [-0.3, -0.25) is 0 Å². The van der Waals surface area contributed by atoms with Crippen molar-refractivity contribution in [2.75, 3.05) is 5.32 Å². The lowest BCUT2D eigenvalue weighted by Crippen LogP contribution is -1.97. The van der Waals surface area contributed by atoms with Crippen LogP contribution in [0, 0.1) is 6.92 Å². The zero-order chi connectivity index (χ0) is 11.4. The average Bonchev–Trinajstić information content (AvgIpc) is 2.85. The SMILES string of the molecule is CCCc1nsc(NCc2cc(C)no2)n1. The Bertz CT molecular complexity index is 451. The molecule has 0 saturated heterocycles. The van der Waals surface area contributed by atoms with Crippen molar-refractivity contribution in [1.29, 1.82) is 0 Å². The van der Waals surface area contributed by atoms with Crippen molar-refractivity contribution in [3.8, 4) is 0 Å². The molecule has 0 amide bonds. The van der Waals surface area contributed by atoms with Gasteiger partial charge in [0.2, 0.25) is 5.13 Å². The van der Waals surface area contributed by atoms with E-state index < -0.39 is 0 Å². The number of anilines is 1. The molecule has 0 atom stereocenters. The minimum atomic E-state index is 0.599. The number of nitrogens with zero attached hydrogens (tertiary/aromatic N) is 3. The molecule has 0 bridgehead atoms. The number of nitrogens with one attached hydrogen (secondary N) is 1. The molecular formula is C10H14N4OS. The Hall–Kier alpha value is -1.43. The second-order valence-corrected chi connectivity index (χ2v) is 4.31. The smallest absolute Gasteiger partial charge is 0.202 e. The van der Waals surface area contributed by atoms with Crippen LogP contribution in [0.1, 0.15) is 30.6 Å². The van der Waals surface area contributed by atoms with Crippen molar-refractivity contribution in [1.82, 2.24) is 14.5 Å². The topological polar surface area (TPSA) is 63.8 Å². The highest BCUT2D eigenvalue weighted by molar-refractivity contribution is 7.09. The summed E-state index contributed by atoms with van der Waals surface area (Å²) < 4.78 is 9.33. The Balaban J connectivity index is 1.89. The van der Waals surface area contributed by atoms with E-state index in [0.29, 0.717) is 6.54 Å². The zero-order valence-corrected chi connectivity index (χ0v) is 10.2. The standard InChI is InChI=1S/C10H14N4OS/c1-3-4-9-12-10(16-14-9)11-6-8-5-7(2)13-15-8/h5H,3-4,6H2,1-2H3,(H,11,12,14). The molecule has 1 N–H and O–H groups in total. The van der Waals surface area contributed by atoms with Crippen LogP contribution in [0.4, 0.5) is 5.13 Å². The van der Waals surface area contributed by atoms with Gasteiger partial charge >= 0.3 is 0 Å². The van der Waals surface area contributed by atoms with Crippen LogP contribution >= 0.6 is 11.5 Å². The van der Waals surface area contributed by atoms with Gasteiger partial charge in [-0.25, -0.2) is 4.98 Å². The minimum Gasteiger partial charge on any atom is -0.359 e. The van der Waals surface area contributed by atoms with E-state index in [4.69, 9.17) is 4.52 Å². The Morgan fingerprint density at radius 2 is 2.38 bits per heavy atom. The summed E-state index contributed by atoms with van der Waals surface area (Å²) in [5, 5.41) is 7.81. The molecule has 0 saturated carbocycles. The van der Waals surface area contributed by atoms with Crippen molar-refractivity contribution >= 4 is 16.7 Å². The fraction of sp³-hybridized carbons (Fsp3) is 0.500. The van der Waals surface area contributed by atoms with Crippen molar-refractivity contribution in [3.05, 3.63) is 23.3 Å². The van der Waals surface area contributed by atoms with Crippen LogP contribution in [0.2, 0.25) is 0 Å². The predicted molar refractivity (Wildman–Crippen MR) is 62.5 cm³/mol. The highest BCUT2D eigenvalue weighted by Crippen LogP contribution is 2.13. The van der Waals surface area contributed by atoms with Gasteiger partial charge in [-0.15, -0.1) is 0 Å². The molecule has 0 radical (unpaired) electrons. The maximum absolute atomic E-state index is 5.08. The van der Waals surface area contributed by atoms with Gasteiger partial charge in [0.15, 0.2) is 5.76 Å². The van der Waals surface area contributed by atoms with Gasteiger partial charge in [0.25, 0.3) is 0 Å². The number of hydrogen-bond donors (Lipinski definition) is 1. The minimum absolute atomic E-state index is 0.599. The van der Waals surface area contributed by atoms with E-state index in [1.165, 1.54) is 11.5 Å². The zero-order valence-electron chi connectivity index (χ0n) is 9.36. The molecule has 0 aliphatic heterocycles. The van der Waals surface area contributed by atoms with Crippen LogP contribution in [-0.4, -0.2) is 14.5 Å². The summed E-state index contributed by atoms with van der Waals surface area (Å²) in [7, 11) is 0. The average molecular weight is 238 g/mol. The first kappa shape index (κ1) is 11.1. The first-order chi connectivity index (χ1) is 7.78. The molecule has 2 aromatic heterocycles. The highest BCUT2D eigenvalue weighted by Gasteiger charge is 2.04. The molecule has 0 aliphatic rings. The first-order valence-corrected chi connectivity index (χ1v) is 6.04. The lowest BCUT2D eigenvalue weighted by Gasteiger charge is -1.96. The molecule has 86 valence electrons. The van der Waals surface area contributed by atoms with Crippen molar-refractivity contribution < 1.29 is 4.52 Å². The molecule has 0 fully saturated rings. The Kier molecular flexibility index (Phi) is 3.51. The fourth-order valence-electron chi connectivity index (χ4n) is 1.31. The second kappa shape index (κ2) is 5.07. The quantitative estimate of drug-likeness (QED) is 0.866. The summed E-state index contributed by atoms with van der Waals surface area (Å²) in [5.74, 6) is 1.72. The molecular weight excluding hydrogens is 224 g/mol. The molecule has 2 aromatic rings. The molecule has 0 unspecified atom stereocenters. The number of aromatic nitrogens is 3. The summed E-state index contributed by atoms with van der Waals surface area (Å²) in [6.45, 7) is 4.62. The van der Waals surface area contributed by atoms with Gasteiger partial charge in [-0.1, -0.05) is 12.1 Å². The molecule has 2 heterocycles. The van der Waals surface area contributed by atoms with E-state index in [1.54, 1.807) is 0 Å². The van der Waals surface area contributed by atoms with E-state index in [1.807, 2.05) is 13.0 Å². The maximum Gasteiger partial charge on any atom is 0.202 e. The van der Waals surface area contributed by atoms with Crippen LogP contribution in [0.5, 0.6) is 0 Å². The van der Waals surface area contributed by atoms with Crippen molar-refractivity contribution in [2.24, 2.45) is 0 Å².